The molecule has 104 valence electrons. The Morgan fingerprint density at radius 3 is 2.65 bits per heavy atom. The van der Waals surface area contributed by atoms with E-state index in [4.69, 9.17) is 9.57 Å². The zero-order valence-corrected chi connectivity index (χ0v) is 12.2. The predicted octanol–water partition coefficient (Wildman–Crippen LogP) is 4.02. The number of hydrogen-bond donors (Lipinski definition) is 0. The van der Waals surface area contributed by atoms with Crippen molar-refractivity contribution in [2.24, 2.45) is 5.16 Å². The molecule has 5 heteroatoms. The minimum absolute atomic E-state index is 0.273. The van der Waals surface area contributed by atoms with Crippen molar-refractivity contribution >= 4 is 22.1 Å². The molecular weight excluding hydrogens is 325 g/mol. The van der Waals surface area contributed by atoms with E-state index in [1.807, 2.05) is 24.3 Å². The van der Waals surface area contributed by atoms with Crippen LogP contribution in [0.2, 0.25) is 0 Å². The molecule has 20 heavy (non-hydrogen) atoms. The summed E-state index contributed by atoms with van der Waals surface area (Å²) in [7, 11) is 0. The molecule has 0 amide bonds. The Hall–Kier alpha value is -1.88. The van der Waals surface area contributed by atoms with Crippen molar-refractivity contribution in [3.05, 3.63) is 64.4 Å². The number of benzene rings is 2. The van der Waals surface area contributed by atoms with Gasteiger partial charge in [-0.15, -0.1) is 0 Å². The van der Waals surface area contributed by atoms with Crippen molar-refractivity contribution in [3.8, 4) is 5.75 Å². The Morgan fingerprint density at radius 2 is 1.90 bits per heavy atom. The third-order valence-electron chi connectivity index (χ3n) is 2.39. The van der Waals surface area contributed by atoms with Gasteiger partial charge in [-0.1, -0.05) is 39.3 Å². The van der Waals surface area contributed by atoms with Crippen molar-refractivity contribution < 1.29 is 14.0 Å². The van der Waals surface area contributed by atoms with Crippen LogP contribution in [0.1, 0.15) is 5.56 Å². The normalized spacial score (nSPS) is 10.7. The Morgan fingerprint density at radius 1 is 1.10 bits per heavy atom. The van der Waals surface area contributed by atoms with Gasteiger partial charge in [-0.25, -0.2) is 4.39 Å². The SMILES string of the molecule is Fc1ccc(C=NOCCOc2cccc(Br)c2)cc1. The molecule has 2 aromatic rings. The highest BCUT2D eigenvalue weighted by atomic mass is 79.9. The highest BCUT2D eigenvalue weighted by Gasteiger charge is 1.94. The number of nitrogens with zero attached hydrogens (tertiary/aromatic N) is 1. The van der Waals surface area contributed by atoms with Crippen LogP contribution in [0.5, 0.6) is 5.75 Å². The molecule has 0 aliphatic rings. The molecule has 0 aliphatic carbocycles. The van der Waals surface area contributed by atoms with E-state index in [-0.39, 0.29) is 5.82 Å². The zero-order valence-electron chi connectivity index (χ0n) is 10.6. The van der Waals surface area contributed by atoms with Crippen molar-refractivity contribution in [3.63, 3.8) is 0 Å². The minimum Gasteiger partial charge on any atom is -0.490 e. The first-order chi connectivity index (χ1) is 9.74. The molecule has 0 spiro atoms. The summed E-state index contributed by atoms with van der Waals surface area (Å²) in [6.07, 6.45) is 1.53. The average Bonchev–Trinajstić information content (AvgIpc) is 2.45. The average molecular weight is 338 g/mol. The van der Waals surface area contributed by atoms with Crippen LogP contribution >= 0.6 is 15.9 Å². The van der Waals surface area contributed by atoms with Gasteiger partial charge in [0.2, 0.25) is 0 Å². The molecule has 0 heterocycles. The van der Waals surface area contributed by atoms with Crippen LogP contribution in [0.4, 0.5) is 4.39 Å². The Balaban J connectivity index is 1.67. The van der Waals surface area contributed by atoms with Crippen molar-refractivity contribution in [2.75, 3.05) is 13.2 Å². The first-order valence-electron chi connectivity index (χ1n) is 6.03. The molecule has 0 bridgehead atoms. The van der Waals surface area contributed by atoms with Crippen LogP contribution in [0, 0.1) is 5.82 Å². The minimum atomic E-state index is -0.273. The molecule has 0 saturated carbocycles. The molecule has 2 aromatic carbocycles. The summed E-state index contributed by atoms with van der Waals surface area (Å²) in [5.74, 6) is 0.496. The second-order valence-electron chi connectivity index (χ2n) is 3.93. The molecule has 0 aliphatic heterocycles. The lowest BCUT2D eigenvalue weighted by atomic mass is 10.2. The van der Waals surface area contributed by atoms with Gasteiger partial charge >= 0.3 is 0 Å². The first kappa shape index (κ1) is 14.5. The fourth-order valence-corrected chi connectivity index (χ4v) is 1.83. The molecule has 0 aromatic heterocycles. The van der Waals surface area contributed by atoms with Gasteiger partial charge in [0.05, 0.1) is 6.21 Å². The quantitative estimate of drug-likeness (QED) is 0.453. The molecule has 3 nitrogen and oxygen atoms in total. The molecule has 0 unspecified atom stereocenters. The third kappa shape index (κ3) is 5.01. The Labute approximate surface area is 125 Å². The lowest BCUT2D eigenvalue weighted by Gasteiger charge is -2.05. The summed E-state index contributed by atoms with van der Waals surface area (Å²) in [5, 5.41) is 3.78. The molecule has 0 saturated heterocycles. The number of oxime groups is 1. The van der Waals surface area contributed by atoms with Crippen LogP contribution in [0.25, 0.3) is 0 Å². The third-order valence-corrected chi connectivity index (χ3v) is 2.88. The highest BCUT2D eigenvalue weighted by molar-refractivity contribution is 9.10. The summed E-state index contributed by atoms with van der Waals surface area (Å²) < 4.78 is 19.1. The maximum atomic E-state index is 12.7. The van der Waals surface area contributed by atoms with Crippen molar-refractivity contribution in [1.29, 1.82) is 0 Å². The van der Waals surface area contributed by atoms with E-state index in [1.54, 1.807) is 12.1 Å². The molecule has 2 rings (SSSR count). The number of rotatable bonds is 6. The fourth-order valence-electron chi connectivity index (χ4n) is 1.45. The van der Waals surface area contributed by atoms with Crippen molar-refractivity contribution in [2.45, 2.75) is 0 Å². The summed E-state index contributed by atoms with van der Waals surface area (Å²) in [4.78, 5) is 5.06. The van der Waals surface area contributed by atoms with Crippen molar-refractivity contribution in [1.82, 2.24) is 0 Å². The molecule has 0 atom stereocenters. The topological polar surface area (TPSA) is 30.8 Å². The lowest BCUT2D eigenvalue weighted by molar-refractivity contribution is 0.108. The van der Waals surface area contributed by atoms with Gasteiger partial charge in [-0.2, -0.15) is 0 Å². The summed E-state index contributed by atoms with van der Waals surface area (Å²) in [6, 6.07) is 13.6. The number of halogens is 2. The van der Waals surface area contributed by atoms with Crippen LogP contribution in [0.3, 0.4) is 0 Å². The monoisotopic (exact) mass is 337 g/mol. The van der Waals surface area contributed by atoms with E-state index < -0.39 is 0 Å². The van der Waals surface area contributed by atoms with Gasteiger partial charge in [0.25, 0.3) is 0 Å². The zero-order chi connectivity index (χ0) is 14.2. The molecule has 0 N–H and O–H groups in total. The van der Waals surface area contributed by atoms with E-state index in [9.17, 15) is 4.39 Å². The van der Waals surface area contributed by atoms with Crippen LogP contribution in [0.15, 0.2) is 58.2 Å². The highest BCUT2D eigenvalue weighted by Crippen LogP contribution is 2.17. The van der Waals surface area contributed by atoms with E-state index in [1.165, 1.54) is 18.3 Å². The van der Waals surface area contributed by atoms with E-state index >= 15 is 0 Å². The van der Waals surface area contributed by atoms with E-state index in [0.717, 1.165) is 15.8 Å². The Bertz CT molecular complexity index is 572. The largest absolute Gasteiger partial charge is 0.490 e. The second-order valence-corrected chi connectivity index (χ2v) is 4.84. The van der Waals surface area contributed by atoms with Gasteiger partial charge in [0, 0.05) is 4.47 Å². The van der Waals surface area contributed by atoms with Gasteiger partial charge in [0.15, 0.2) is 6.61 Å². The van der Waals surface area contributed by atoms with Crippen LogP contribution in [-0.2, 0) is 4.84 Å². The van der Waals surface area contributed by atoms with E-state index in [2.05, 4.69) is 21.1 Å². The smallest absolute Gasteiger partial charge is 0.151 e. The van der Waals surface area contributed by atoms with Crippen LogP contribution < -0.4 is 4.74 Å². The Kier molecular flexibility index (Phi) is 5.55. The second kappa shape index (κ2) is 7.65. The van der Waals surface area contributed by atoms with E-state index in [0.29, 0.717) is 13.2 Å². The van der Waals surface area contributed by atoms with Gasteiger partial charge < -0.3 is 9.57 Å². The van der Waals surface area contributed by atoms with Crippen LogP contribution in [-0.4, -0.2) is 19.4 Å². The maximum absolute atomic E-state index is 12.7. The number of ether oxygens (including phenoxy) is 1. The molecule has 0 radical (unpaired) electrons. The molecular formula is C15H13BrFNO2. The summed E-state index contributed by atoms with van der Waals surface area (Å²) >= 11 is 3.37. The fraction of sp³-hybridized carbons (Fsp3) is 0.133. The predicted molar refractivity (Wildman–Crippen MR) is 79.6 cm³/mol. The summed E-state index contributed by atoms with van der Waals surface area (Å²) in [6.45, 7) is 0.738. The lowest BCUT2D eigenvalue weighted by Crippen LogP contribution is -2.04. The summed E-state index contributed by atoms with van der Waals surface area (Å²) in [5.41, 5.74) is 0.777. The van der Waals surface area contributed by atoms with Gasteiger partial charge in [-0.3, -0.25) is 0 Å². The van der Waals surface area contributed by atoms with Gasteiger partial charge in [0.1, 0.15) is 18.2 Å². The number of hydrogen-bond acceptors (Lipinski definition) is 3. The standard InChI is InChI=1S/C15H13BrFNO2/c16-13-2-1-3-15(10-13)19-8-9-20-18-11-12-4-6-14(17)7-5-12/h1-7,10-11H,8-9H2. The maximum Gasteiger partial charge on any atom is 0.151 e. The molecule has 0 fully saturated rings. The first-order valence-corrected chi connectivity index (χ1v) is 6.82. The van der Waals surface area contributed by atoms with Gasteiger partial charge in [-0.05, 0) is 35.9 Å².